The highest BCUT2D eigenvalue weighted by Crippen LogP contribution is 2.39. The second-order valence-corrected chi connectivity index (χ2v) is 10.5. The smallest absolute Gasteiger partial charge is 0.215 e. The van der Waals surface area contributed by atoms with Gasteiger partial charge in [-0.15, -0.1) is 0 Å². The Bertz CT molecular complexity index is 936. The Morgan fingerprint density at radius 2 is 1.61 bits per heavy atom. The van der Waals surface area contributed by atoms with Crippen molar-refractivity contribution < 1.29 is 8.42 Å². The minimum absolute atomic E-state index is 0.211. The van der Waals surface area contributed by atoms with E-state index in [1.807, 2.05) is 24.3 Å². The molecule has 2 bridgehead atoms. The van der Waals surface area contributed by atoms with E-state index in [9.17, 15) is 8.42 Å². The molecule has 3 fully saturated rings. The molecule has 2 aromatic rings. The van der Waals surface area contributed by atoms with Gasteiger partial charge in [0.1, 0.15) is 0 Å². The van der Waals surface area contributed by atoms with Crippen LogP contribution in [-0.2, 0) is 16.4 Å². The van der Waals surface area contributed by atoms with Gasteiger partial charge in [0.15, 0.2) is 0 Å². The summed E-state index contributed by atoms with van der Waals surface area (Å²) in [7, 11) is -3.34. The van der Waals surface area contributed by atoms with Crippen molar-refractivity contribution in [1.82, 2.24) is 9.21 Å². The summed E-state index contributed by atoms with van der Waals surface area (Å²) in [5, 5.41) is 0. The van der Waals surface area contributed by atoms with Gasteiger partial charge in [0.2, 0.25) is 10.0 Å². The van der Waals surface area contributed by atoms with E-state index in [4.69, 9.17) is 0 Å². The van der Waals surface area contributed by atoms with Gasteiger partial charge in [-0.2, -0.15) is 4.31 Å². The maximum atomic E-state index is 13.6. The zero-order valence-electron chi connectivity index (χ0n) is 16.2. The zero-order chi connectivity index (χ0) is 19.1. The van der Waals surface area contributed by atoms with Crippen molar-refractivity contribution in [2.24, 2.45) is 11.8 Å². The molecular formula is C23H28N2O2S. The molecule has 28 heavy (non-hydrogen) atoms. The Morgan fingerprint density at radius 3 is 2.32 bits per heavy atom. The first kappa shape index (κ1) is 18.3. The number of rotatable bonds is 4. The normalized spacial score (nSPS) is 30.1. The lowest BCUT2D eigenvalue weighted by Crippen LogP contribution is -2.51. The molecule has 0 N–H and O–H groups in total. The van der Waals surface area contributed by atoms with E-state index < -0.39 is 10.0 Å². The predicted molar refractivity (Wildman–Crippen MR) is 112 cm³/mol. The molecule has 2 aromatic carbocycles. The molecule has 148 valence electrons. The second kappa shape index (κ2) is 7.29. The van der Waals surface area contributed by atoms with E-state index in [1.54, 1.807) is 4.31 Å². The maximum absolute atomic E-state index is 13.6. The molecule has 4 nitrogen and oxygen atoms in total. The number of fused-ring (bicyclic) bond motifs is 4. The van der Waals surface area contributed by atoms with Crippen LogP contribution < -0.4 is 0 Å². The van der Waals surface area contributed by atoms with Crippen molar-refractivity contribution in [2.45, 2.75) is 25.3 Å². The average molecular weight is 397 g/mol. The molecular weight excluding hydrogens is 368 g/mol. The highest BCUT2D eigenvalue weighted by Gasteiger charge is 2.41. The summed E-state index contributed by atoms with van der Waals surface area (Å²) in [6.07, 6.45) is 3.11. The molecule has 5 heteroatoms. The van der Waals surface area contributed by atoms with Gasteiger partial charge in [0.05, 0.1) is 11.8 Å². The Hall–Kier alpha value is -1.69. The molecule has 4 aliphatic heterocycles. The van der Waals surface area contributed by atoms with Gasteiger partial charge >= 0.3 is 0 Å². The van der Waals surface area contributed by atoms with Crippen LogP contribution in [0.3, 0.4) is 0 Å². The third kappa shape index (κ3) is 3.30. The van der Waals surface area contributed by atoms with Gasteiger partial charge in [-0.3, -0.25) is 0 Å². The number of benzene rings is 2. The van der Waals surface area contributed by atoms with Gasteiger partial charge in [-0.1, -0.05) is 54.6 Å². The Morgan fingerprint density at radius 1 is 0.893 bits per heavy atom. The minimum Gasteiger partial charge on any atom is -0.303 e. The van der Waals surface area contributed by atoms with Crippen molar-refractivity contribution in [3.63, 3.8) is 0 Å². The van der Waals surface area contributed by atoms with Crippen LogP contribution in [0.5, 0.6) is 0 Å². The molecule has 0 aliphatic carbocycles. The number of hydrogen-bond donors (Lipinski definition) is 0. The van der Waals surface area contributed by atoms with Crippen molar-refractivity contribution in [3.8, 4) is 0 Å². The summed E-state index contributed by atoms with van der Waals surface area (Å²) in [5.41, 5.74) is 3.47. The van der Waals surface area contributed by atoms with Crippen LogP contribution in [0.25, 0.3) is 0 Å². The second-order valence-electron chi connectivity index (χ2n) is 8.55. The molecule has 3 saturated heterocycles. The van der Waals surface area contributed by atoms with E-state index in [-0.39, 0.29) is 12.0 Å². The molecule has 0 saturated carbocycles. The summed E-state index contributed by atoms with van der Waals surface area (Å²) in [6, 6.07) is 18.2. The molecule has 4 aliphatic rings. The van der Waals surface area contributed by atoms with Crippen LogP contribution in [0.1, 0.15) is 35.6 Å². The SMILES string of the molecule is O=S(=O)(C[C@H]1CN2CCC1CC2)N1CCc2ccccc2[C@H]1c1ccccc1. The van der Waals surface area contributed by atoms with Crippen molar-refractivity contribution in [3.05, 3.63) is 71.3 Å². The van der Waals surface area contributed by atoms with Crippen molar-refractivity contribution >= 4 is 10.0 Å². The van der Waals surface area contributed by atoms with E-state index >= 15 is 0 Å². The minimum atomic E-state index is -3.34. The van der Waals surface area contributed by atoms with Gasteiger partial charge < -0.3 is 4.90 Å². The monoisotopic (exact) mass is 396 g/mol. The zero-order valence-corrected chi connectivity index (χ0v) is 17.0. The molecule has 0 aromatic heterocycles. The first-order valence-electron chi connectivity index (χ1n) is 10.5. The highest BCUT2D eigenvalue weighted by molar-refractivity contribution is 7.89. The van der Waals surface area contributed by atoms with Gasteiger partial charge in [-0.25, -0.2) is 8.42 Å². The lowest BCUT2D eigenvalue weighted by atomic mass is 9.80. The fourth-order valence-corrected chi connectivity index (χ4v) is 7.50. The molecule has 6 rings (SSSR count). The predicted octanol–water partition coefficient (Wildman–Crippen LogP) is 3.31. The maximum Gasteiger partial charge on any atom is 0.215 e. The fraction of sp³-hybridized carbons (Fsp3) is 0.478. The Labute approximate surface area is 168 Å². The topological polar surface area (TPSA) is 40.6 Å². The Kier molecular flexibility index (Phi) is 4.77. The molecule has 2 atom stereocenters. The van der Waals surface area contributed by atoms with Crippen LogP contribution in [0.2, 0.25) is 0 Å². The fourth-order valence-electron chi connectivity index (χ4n) is 5.47. The largest absolute Gasteiger partial charge is 0.303 e. The van der Waals surface area contributed by atoms with E-state index in [0.29, 0.717) is 18.2 Å². The van der Waals surface area contributed by atoms with Crippen molar-refractivity contribution in [2.75, 3.05) is 31.9 Å². The van der Waals surface area contributed by atoms with Crippen molar-refractivity contribution in [1.29, 1.82) is 0 Å². The van der Waals surface area contributed by atoms with E-state index in [1.165, 1.54) is 5.56 Å². The number of piperidine rings is 3. The summed E-state index contributed by atoms with van der Waals surface area (Å²) >= 11 is 0. The highest BCUT2D eigenvalue weighted by atomic mass is 32.2. The van der Waals surface area contributed by atoms with Crippen LogP contribution in [0.4, 0.5) is 0 Å². The summed E-state index contributed by atoms with van der Waals surface area (Å²) < 4.78 is 29.1. The molecule has 0 unspecified atom stereocenters. The molecule has 0 spiro atoms. The molecule has 4 heterocycles. The number of sulfonamides is 1. The lowest BCUT2D eigenvalue weighted by molar-refractivity contribution is 0.0611. The number of hydrogen-bond acceptors (Lipinski definition) is 3. The van der Waals surface area contributed by atoms with Crippen LogP contribution in [0.15, 0.2) is 54.6 Å². The van der Waals surface area contributed by atoms with Crippen LogP contribution in [-0.4, -0.2) is 49.6 Å². The Balaban J connectivity index is 1.49. The average Bonchev–Trinajstić information content (AvgIpc) is 2.74. The van der Waals surface area contributed by atoms with E-state index in [2.05, 4.69) is 35.2 Å². The van der Waals surface area contributed by atoms with Crippen LogP contribution in [0, 0.1) is 11.8 Å². The summed E-state index contributed by atoms with van der Waals surface area (Å²) in [4.78, 5) is 2.44. The quantitative estimate of drug-likeness (QED) is 0.796. The molecule has 0 radical (unpaired) electrons. The van der Waals surface area contributed by atoms with Gasteiger partial charge in [-0.05, 0) is 60.9 Å². The first-order chi connectivity index (χ1) is 13.6. The standard InChI is InChI=1S/C23H28N2O2S/c26-28(27,17-21-16-24-13-10-18(21)11-14-24)25-15-12-19-6-4-5-9-22(19)23(25)20-7-2-1-3-8-20/h1-9,18,21,23H,10-17H2/t21-,23-/m1/s1. The lowest BCUT2D eigenvalue weighted by Gasteiger charge is -2.45. The van der Waals surface area contributed by atoms with E-state index in [0.717, 1.165) is 50.0 Å². The molecule has 0 amide bonds. The third-order valence-corrected chi connectivity index (χ3v) is 8.89. The third-order valence-electron chi connectivity index (χ3n) is 6.93. The summed E-state index contributed by atoms with van der Waals surface area (Å²) in [6.45, 7) is 3.81. The van der Waals surface area contributed by atoms with Gasteiger partial charge in [0, 0.05) is 13.1 Å². The van der Waals surface area contributed by atoms with Crippen LogP contribution >= 0.6 is 0 Å². The number of nitrogens with zero attached hydrogens (tertiary/aromatic N) is 2. The first-order valence-corrected chi connectivity index (χ1v) is 12.1. The van der Waals surface area contributed by atoms with Gasteiger partial charge in [0.25, 0.3) is 0 Å². The summed E-state index contributed by atoms with van der Waals surface area (Å²) in [5.74, 6) is 1.15.